The zero-order valence-corrected chi connectivity index (χ0v) is 14.6. The van der Waals surface area contributed by atoms with Crippen molar-refractivity contribution in [2.75, 3.05) is 46.1 Å². The summed E-state index contributed by atoms with van der Waals surface area (Å²) in [6.45, 7) is 9.61. The Balaban J connectivity index is 1.25. The van der Waals surface area contributed by atoms with Gasteiger partial charge in [-0.1, -0.05) is 13.0 Å². The van der Waals surface area contributed by atoms with Crippen LogP contribution in [0.4, 0.5) is 0 Å². The molecule has 0 unspecified atom stereocenters. The number of benzene rings is 1. The Kier molecular flexibility index (Phi) is 4.92. The number of fused-ring (bicyclic) bond motifs is 1. The molecule has 4 rings (SSSR count). The van der Waals surface area contributed by atoms with Crippen molar-refractivity contribution >= 4 is 0 Å². The number of piperazine rings is 1. The zero-order chi connectivity index (χ0) is 16.4. The van der Waals surface area contributed by atoms with E-state index in [0.29, 0.717) is 19.0 Å². The summed E-state index contributed by atoms with van der Waals surface area (Å²) in [5.74, 6) is 1.73. The second kappa shape index (κ2) is 7.30. The molecule has 0 amide bonds. The van der Waals surface area contributed by atoms with E-state index in [1.54, 1.807) is 0 Å². The fourth-order valence-electron chi connectivity index (χ4n) is 3.97. The number of hydrogen-bond donors (Lipinski definition) is 0. The van der Waals surface area contributed by atoms with E-state index in [0.717, 1.165) is 30.9 Å². The van der Waals surface area contributed by atoms with Gasteiger partial charge in [-0.05, 0) is 43.5 Å². The van der Waals surface area contributed by atoms with Crippen molar-refractivity contribution in [3.8, 4) is 11.5 Å². The summed E-state index contributed by atoms with van der Waals surface area (Å²) in [5, 5.41) is 0. The van der Waals surface area contributed by atoms with Crippen molar-refractivity contribution in [2.24, 2.45) is 0 Å². The van der Waals surface area contributed by atoms with Gasteiger partial charge in [-0.25, -0.2) is 0 Å². The molecule has 0 aliphatic carbocycles. The van der Waals surface area contributed by atoms with E-state index < -0.39 is 0 Å². The molecule has 0 bridgehead atoms. The average molecular weight is 332 g/mol. The van der Waals surface area contributed by atoms with Crippen LogP contribution in [0.3, 0.4) is 0 Å². The summed E-state index contributed by atoms with van der Waals surface area (Å²) in [5.41, 5.74) is 1.28. The van der Waals surface area contributed by atoms with Crippen LogP contribution in [0, 0.1) is 0 Å². The van der Waals surface area contributed by atoms with E-state index in [-0.39, 0.29) is 0 Å². The van der Waals surface area contributed by atoms with Crippen molar-refractivity contribution in [3.05, 3.63) is 23.8 Å². The van der Waals surface area contributed by atoms with Crippen LogP contribution in [-0.2, 0) is 11.2 Å². The summed E-state index contributed by atoms with van der Waals surface area (Å²) in [4.78, 5) is 5.09. The van der Waals surface area contributed by atoms with Crippen LogP contribution in [0.5, 0.6) is 11.5 Å². The smallest absolute Gasteiger partial charge is 0.231 e. The molecular weight excluding hydrogens is 304 g/mol. The molecule has 0 radical (unpaired) electrons. The summed E-state index contributed by atoms with van der Waals surface area (Å²) in [6, 6.07) is 6.24. The van der Waals surface area contributed by atoms with Gasteiger partial charge in [0.1, 0.15) is 0 Å². The van der Waals surface area contributed by atoms with Gasteiger partial charge in [-0.15, -0.1) is 0 Å². The molecular formula is C19H28N2O3. The SMILES string of the molecule is CCN1CCN(C[C@H]2CC[C@@H](Cc3ccc4c(c3)OCO4)O2)CC1. The Labute approximate surface area is 144 Å². The second-order valence-corrected chi connectivity index (χ2v) is 7.08. The Morgan fingerprint density at radius 1 is 0.958 bits per heavy atom. The standard InChI is InChI=1S/C19H28N2O3/c1-2-20-7-9-21(10-8-20)13-17-5-4-16(24-17)11-15-3-6-18-19(12-15)23-14-22-18/h3,6,12,16-17H,2,4-5,7-11,13-14H2,1H3/t16-,17+/m0/s1. The normalized spacial score (nSPS) is 27.7. The maximum absolute atomic E-state index is 6.31. The first-order valence-corrected chi connectivity index (χ1v) is 9.29. The minimum Gasteiger partial charge on any atom is -0.454 e. The van der Waals surface area contributed by atoms with Crippen molar-refractivity contribution < 1.29 is 14.2 Å². The minimum absolute atomic E-state index is 0.339. The molecule has 0 aromatic heterocycles. The first-order valence-electron chi connectivity index (χ1n) is 9.29. The van der Waals surface area contributed by atoms with E-state index in [4.69, 9.17) is 14.2 Å². The lowest BCUT2D eigenvalue weighted by Gasteiger charge is -2.35. The number of hydrogen-bond acceptors (Lipinski definition) is 5. The average Bonchev–Trinajstić information content (AvgIpc) is 3.24. The number of rotatable bonds is 5. The van der Waals surface area contributed by atoms with E-state index in [9.17, 15) is 0 Å². The topological polar surface area (TPSA) is 34.2 Å². The highest BCUT2D eigenvalue weighted by Gasteiger charge is 2.28. The number of nitrogens with zero attached hydrogens (tertiary/aromatic N) is 2. The van der Waals surface area contributed by atoms with Crippen LogP contribution in [0.1, 0.15) is 25.3 Å². The molecule has 2 fully saturated rings. The highest BCUT2D eigenvalue weighted by molar-refractivity contribution is 5.44. The van der Waals surface area contributed by atoms with Gasteiger partial charge in [0, 0.05) is 32.7 Å². The Bertz CT molecular complexity index is 558. The lowest BCUT2D eigenvalue weighted by atomic mass is 10.0. The Morgan fingerprint density at radius 2 is 1.71 bits per heavy atom. The van der Waals surface area contributed by atoms with Gasteiger partial charge in [-0.3, -0.25) is 4.90 Å². The molecule has 0 N–H and O–H groups in total. The van der Waals surface area contributed by atoms with E-state index >= 15 is 0 Å². The van der Waals surface area contributed by atoms with Crippen molar-refractivity contribution in [2.45, 2.75) is 38.4 Å². The van der Waals surface area contributed by atoms with Crippen LogP contribution >= 0.6 is 0 Å². The van der Waals surface area contributed by atoms with Gasteiger partial charge >= 0.3 is 0 Å². The molecule has 0 spiro atoms. The van der Waals surface area contributed by atoms with Crippen LogP contribution in [-0.4, -0.2) is 68.1 Å². The summed E-state index contributed by atoms with van der Waals surface area (Å²) >= 11 is 0. The monoisotopic (exact) mass is 332 g/mol. The molecule has 1 aromatic rings. The molecule has 3 aliphatic rings. The summed E-state index contributed by atoms with van der Waals surface area (Å²) in [6.07, 6.45) is 4.05. The van der Waals surface area contributed by atoms with Gasteiger partial charge in [0.15, 0.2) is 11.5 Å². The van der Waals surface area contributed by atoms with E-state index in [1.165, 1.54) is 44.7 Å². The lowest BCUT2D eigenvalue weighted by molar-refractivity contribution is 0.0130. The molecule has 2 atom stereocenters. The fraction of sp³-hybridized carbons (Fsp3) is 0.684. The van der Waals surface area contributed by atoms with Crippen LogP contribution < -0.4 is 9.47 Å². The summed E-state index contributed by atoms with van der Waals surface area (Å²) < 4.78 is 17.2. The van der Waals surface area contributed by atoms with E-state index in [2.05, 4.69) is 28.9 Å². The molecule has 0 saturated carbocycles. The highest BCUT2D eigenvalue weighted by atomic mass is 16.7. The Hall–Kier alpha value is -1.30. The third-order valence-electron chi connectivity index (χ3n) is 5.47. The molecule has 24 heavy (non-hydrogen) atoms. The van der Waals surface area contributed by atoms with Crippen LogP contribution in [0.15, 0.2) is 18.2 Å². The molecule has 2 saturated heterocycles. The van der Waals surface area contributed by atoms with E-state index in [1.807, 2.05) is 6.07 Å². The molecule has 3 aliphatic heterocycles. The predicted molar refractivity (Wildman–Crippen MR) is 92.7 cm³/mol. The molecule has 1 aromatic carbocycles. The first kappa shape index (κ1) is 16.2. The third-order valence-corrected chi connectivity index (χ3v) is 5.47. The van der Waals surface area contributed by atoms with Gasteiger partial charge in [0.05, 0.1) is 12.2 Å². The first-order chi connectivity index (χ1) is 11.8. The zero-order valence-electron chi connectivity index (χ0n) is 14.6. The molecule has 5 nitrogen and oxygen atoms in total. The number of ether oxygens (including phenoxy) is 3. The van der Waals surface area contributed by atoms with Gasteiger partial charge in [0.25, 0.3) is 0 Å². The van der Waals surface area contributed by atoms with Crippen LogP contribution in [0.2, 0.25) is 0 Å². The molecule has 5 heteroatoms. The Morgan fingerprint density at radius 3 is 2.54 bits per heavy atom. The second-order valence-electron chi connectivity index (χ2n) is 7.08. The maximum atomic E-state index is 6.31. The fourth-order valence-corrected chi connectivity index (χ4v) is 3.97. The molecule has 3 heterocycles. The number of likely N-dealkylation sites (N-methyl/N-ethyl adjacent to an activating group) is 1. The lowest BCUT2D eigenvalue weighted by Crippen LogP contribution is -2.48. The van der Waals surface area contributed by atoms with Gasteiger partial charge in [-0.2, -0.15) is 0 Å². The largest absolute Gasteiger partial charge is 0.454 e. The summed E-state index contributed by atoms with van der Waals surface area (Å²) in [7, 11) is 0. The third kappa shape index (κ3) is 3.68. The van der Waals surface area contributed by atoms with Crippen molar-refractivity contribution in [1.82, 2.24) is 9.80 Å². The van der Waals surface area contributed by atoms with Crippen LogP contribution in [0.25, 0.3) is 0 Å². The quantitative estimate of drug-likeness (QED) is 0.825. The van der Waals surface area contributed by atoms with Gasteiger partial charge < -0.3 is 19.1 Å². The predicted octanol–water partition coefficient (Wildman–Crippen LogP) is 2.14. The highest BCUT2D eigenvalue weighted by Crippen LogP contribution is 2.34. The minimum atomic E-state index is 0.339. The molecule has 132 valence electrons. The maximum Gasteiger partial charge on any atom is 0.231 e. The van der Waals surface area contributed by atoms with Gasteiger partial charge in [0.2, 0.25) is 6.79 Å². The van der Waals surface area contributed by atoms with Crippen molar-refractivity contribution in [3.63, 3.8) is 0 Å². The van der Waals surface area contributed by atoms with Crippen molar-refractivity contribution in [1.29, 1.82) is 0 Å².